The number of rotatable bonds is 5. The summed E-state index contributed by atoms with van der Waals surface area (Å²) in [7, 11) is 0. The number of amides is 4. The average molecular weight is 448 g/mol. The van der Waals surface area contributed by atoms with Gasteiger partial charge in [-0.05, 0) is 30.7 Å². The molecule has 10 heteroatoms. The van der Waals surface area contributed by atoms with Crippen molar-refractivity contribution >= 4 is 29.3 Å². The van der Waals surface area contributed by atoms with Crippen LogP contribution in [0.2, 0.25) is 0 Å². The fraction of sp³-hybridized carbons (Fsp3) is 0.174. The molecule has 5 rings (SSSR count). The molecule has 2 aromatic carbocycles. The molecule has 4 amide bonds. The minimum absolute atomic E-state index is 0.0464. The summed E-state index contributed by atoms with van der Waals surface area (Å²) >= 11 is 0. The van der Waals surface area contributed by atoms with Gasteiger partial charge in [-0.25, -0.2) is 9.37 Å². The second kappa shape index (κ2) is 7.97. The molecule has 3 aromatic rings. The Bertz CT molecular complexity index is 1320. The Morgan fingerprint density at radius 3 is 2.64 bits per heavy atom. The van der Waals surface area contributed by atoms with Gasteiger partial charge in [-0.2, -0.15) is 0 Å². The number of anilines is 1. The zero-order valence-electron chi connectivity index (χ0n) is 17.1. The van der Waals surface area contributed by atoms with Crippen molar-refractivity contribution in [3.63, 3.8) is 0 Å². The van der Waals surface area contributed by atoms with E-state index in [1.807, 2.05) is 0 Å². The molecule has 1 fully saturated rings. The van der Waals surface area contributed by atoms with E-state index in [0.29, 0.717) is 11.4 Å². The number of carbonyl (C=O) groups is 4. The van der Waals surface area contributed by atoms with Crippen LogP contribution in [0.15, 0.2) is 53.1 Å². The van der Waals surface area contributed by atoms with Crippen molar-refractivity contribution in [1.29, 1.82) is 0 Å². The summed E-state index contributed by atoms with van der Waals surface area (Å²) < 4.78 is 19.6. The van der Waals surface area contributed by atoms with Crippen LogP contribution in [0.4, 0.5) is 10.1 Å². The largest absolute Gasteiger partial charge is 0.439 e. The Morgan fingerprint density at radius 1 is 1.06 bits per heavy atom. The first-order valence-electron chi connectivity index (χ1n) is 10.2. The Balaban J connectivity index is 1.36. The van der Waals surface area contributed by atoms with Crippen LogP contribution in [0.25, 0.3) is 11.5 Å². The molecule has 2 N–H and O–H groups in total. The molecule has 0 bridgehead atoms. The second-order valence-electron chi connectivity index (χ2n) is 7.64. The number of piperidine rings is 1. The van der Waals surface area contributed by atoms with E-state index >= 15 is 0 Å². The lowest BCUT2D eigenvalue weighted by Crippen LogP contribution is -2.54. The van der Waals surface area contributed by atoms with Gasteiger partial charge in [-0.15, -0.1) is 0 Å². The van der Waals surface area contributed by atoms with E-state index < -0.39 is 35.5 Å². The minimum atomic E-state index is -1.04. The lowest BCUT2D eigenvalue weighted by atomic mass is 10.0. The Kier molecular flexibility index (Phi) is 4.97. The molecule has 1 aromatic heterocycles. The second-order valence-corrected chi connectivity index (χ2v) is 7.64. The number of oxazole rings is 1. The summed E-state index contributed by atoms with van der Waals surface area (Å²) in [5.74, 6) is -2.25. The van der Waals surface area contributed by atoms with Gasteiger partial charge < -0.3 is 9.73 Å². The topological polar surface area (TPSA) is 122 Å². The molecule has 0 radical (unpaired) electrons. The fourth-order valence-corrected chi connectivity index (χ4v) is 3.99. The van der Waals surface area contributed by atoms with E-state index in [1.165, 1.54) is 18.3 Å². The van der Waals surface area contributed by atoms with Crippen LogP contribution in [0.1, 0.15) is 39.3 Å². The highest BCUT2D eigenvalue weighted by molar-refractivity contribution is 6.25. The van der Waals surface area contributed by atoms with Crippen molar-refractivity contribution in [3.8, 4) is 11.5 Å². The van der Waals surface area contributed by atoms with Gasteiger partial charge in [-0.1, -0.05) is 18.2 Å². The number of halogens is 1. The van der Waals surface area contributed by atoms with E-state index in [-0.39, 0.29) is 42.0 Å². The molecule has 1 saturated heterocycles. The molecule has 9 nitrogen and oxygen atoms in total. The van der Waals surface area contributed by atoms with Crippen LogP contribution in [-0.2, 0) is 16.1 Å². The van der Waals surface area contributed by atoms with Crippen molar-refractivity contribution in [2.75, 3.05) is 5.32 Å². The molecule has 0 saturated carbocycles. The highest BCUT2D eigenvalue weighted by Gasteiger charge is 2.45. The molecule has 166 valence electrons. The average Bonchev–Trinajstić information content (AvgIpc) is 3.37. The Hall–Kier alpha value is -4.34. The predicted molar refractivity (Wildman–Crippen MR) is 112 cm³/mol. The smallest absolute Gasteiger partial charge is 0.264 e. The highest BCUT2D eigenvalue weighted by Crippen LogP contribution is 2.32. The monoisotopic (exact) mass is 448 g/mol. The molecule has 2 aliphatic heterocycles. The third kappa shape index (κ3) is 3.55. The highest BCUT2D eigenvalue weighted by atomic mass is 19.1. The van der Waals surface area contributed by atoms with Gasteiger partial charge >= 0.3 is 0 Å². The van der Waals surface area contributed by atoms with Gasteiger partial charge in [0, 0.05) is 12.1 Å². The predicted octanol–water partition coefficient (Wildman–Crippen LogP) is 2.49. The molecular weight excluding hydrogens is 431 g/mol. The maximum absolute atomic E-state index is 14.0. The van der Waals surface area contributed by atoms with Gasteiger partial charge in [0.1, 0.15) is 17.6 Å². The number of hydrogen-bond donors (Lipinski definition) is 2. The van der Waals surface area contributed by atoms with Gasteiger partial charge in [0.25, 0.3) is 11.8 Å². The van der Waals surface area contributed by atoms with E-state index in [0.717, 1.165) is 4.90 Å². The Morgan fingerprint density at radius 2 is 1.85 bits per heavy atom. The molecule has 1 unspecified atom stereocenters. The van der Waals surface area contributed by atoms with Gasteiger partial charge in [0.05, 0.1) is 29.4 Å². The molecule has 3 heterocycles. The molecule has 2 aliphatic rings. The molecule has 33 heavy (non-hydrogen) atoms. The molecular formula is C23H17FN4O5. The van der Waals surface area contributed by atoms with Crippen molar-refractivity contribution in [2.24, 2.45) is 0 Å². The van der Waals surface area contributed by atoms with E-state index in [4.69, 9.17) is 4.42 Å². The van der Waals surface area contributed by atoms with Gasteiger partial charge in [0.2, 0.25) is 17.7 Å². The maximum atomic E-state index is 14.0. The number of hydrogen-bond acceptors (Lipinski definition) is 7. The number of nitrogens with one attached hydrogen (secondary N) is 2. The van der Waals surface area contributed by atoms with Crippen LogP contribution < -0.4 is 10.6 Å². The summed E-state index contributed by atoms with van der Waals surface area (Å²) in [4.78, 5) is 54.7. The van der Waals surface area contributed by atoms with Gasteiger partial charge in [-0.3, -0.25) is 29.4 Å². The van der Waals surface area contributed by atoms with Crippen LogP contribution >= 0.6 is 0 Å². The number of imide groups is 2. The number of fused-ring (bicyclic) bond motifs is 1. The first-order valence-corrected chi connectivity index (χ1v) is 10.2. The number of carbonyl (C=O) groups excluding carboxylic acids is 4. The quantitative estimate of drug-likeness (QED) is 0.575. The lowest BCUT2D eigenvalue weighted by Gasteiger charge is -2.27. The van der Waals surface area contributed by atoms with Crippen molar-refractivity contribution in [3.05, 3.63) is 71.4 Å². The summed E-state index contributed by atoms with van der Waals surface area (Å²) in [5, 5.41) is 5.22. The third-order valence-electron chi connectivity index (χ3n) is 5.58. The summed E-state index contributed by atoms with van der Waals surface area (Å²) in [6.45, 7) is 0.123. The van der Waals surface area contributed by atoms with Crippen LogP contribution in [0.3, 0.4) is 0 Å². The maximum Gasteiger partial charge on any atom is 0.264 e. The van der Waals surface area contributed by atoms with Crippen molar-refractivity contribution in [1.82, 2.24) is 15.2 Å². The molecule has 1 atom stereocenters. The van der Waals surface area contributed by atoms with E-state index in [1.54, 1.807) is 30.3 Å². The molecule has 0 spiro atoms. The van der Waals surface area contributed by atoms with E-state index in [2.05, 4.69) is 15.6 Å². The summed E-state index contributed by atoms with van der Waals surface area (Å²) in [6, 6.07) is 9.81. The van der Waals surface area contributed by atoms with Crippen molar-refractivity contribution < 1.29 is 28.0 Å². The number of nitrogens with zero attached hydrogens (tertiary/aromatic N) is 2. The normalized spacial score (nSPS) is 17.8. The lowest BCUT2D eigenvalue weighted by molar-refractivity contribution is -0.136. The van der Waals surface area contributed by atoms with E-state index in [9.17, 15) is 23.6 Å². The number of benzene rings is 2. The van der Waals surface area contributed by atoms with Crippen LogP contribution in [0.5, 0.6) is 0 Å². The summed E-state index contributed by atoms with van der Waals surface area (Å²) in [6.07, 6.45) is 1.57. The van der Waals surface area contributed by atoms with Crippen molar-refractivity contribution in [2.45, 2.75) is 25.4 Å². The SMILES string of the molecule is O=C1CCC(N2C(=O)c3cccc(NCc4cnc(-c5ccccc5F)o4)c3C2=O)C(=O)N1. The zero-order valence-corrected chi connectivity index (χ0v) is 17.1. The zero-order chi connectivity index (χ0) is 23.1. The third-order valence-corrected chi connectivity index (χ3v) is 5.58. The van der Waals surface area contributed by atoms with Crippen LogP contribution in [-0.4, -0.2) is 39.6 Å². The van der Waals surface area contributed by atoms with Crippen LogP contribution in [0, 0.1) is 5.82 Å². The number of aromatic nitrogens is 1. The van der Waals surface area contributed by atoms with Gasteiger partial charge in [0.15, 0.2) is 0 Å². The first kappa shape index (κ1) is 20.6. The Labute approximate surface area is 186 Å². The minimum Gasteiger partial charge on any atom is -0.439 e. The first-order chi connectivity index (χ1) is 15.9. The molecule has 0 aliphatic carbocycles. The standard InChI is InChI=1S/C23H17FN4O5/c24-15-6-2-1-4-13(15)21-26-11-12(33-21)10-25-16-7-3-5-14-19(16)23(32)28(22(14)31)17-8-9-18(29)27-20(17)30/h1-7,11,17,25H,8-10H2,(H,27,29,30). The fourth-order valence-electron chi connectivity index (χ4n) is 3.99. The summed E-state index contributed by atoms with van der Waals surface area (Å²) in [5.41, 5.74) is 0.912.